The molecule has 2 aromatic carbocycles. The molecule has 0 aliphatic carbocycles. The molecule has 0 aliphatic heterocycles. The Labute approximate surface area is 124 Å². The maximum absolute atomic E-state index is 11.8. The van der Waals surface area contributed by atoms with Gasteiger partial charge in [-0.05, 0) is 35.7 Å². The van der Waals surface area contributed by atoms with Crippen LogP contribution in [0.2, 0.25) is 5.02 Å². The fourth-order valence-electron chi connectivity index (χ4n) is 2.11. The molecule has 20 heavy (non-hydrogen) atoms. The number of nitrogens with zero attached hydrogens (tertiary/aromatic N) is 1. The third-order valence-corrected chi connectivity index (χ3v) is 3.42. The first-order valence-corrected chi connectivity index (χ1v) is 6.78. The summed E-state index contributed by atoms with van der Waals surface area (Å²) in [5.74, 6) is -0.123. The van der Waals surface area contributed by atoms with Crippen molar-refractivity contribution in [2.24, 2.45) is 5.73 Å². The average molecular weight is 289 g/mol. The van der Waals surface area contributed by atoms with Gasteiger partial charge in [-0.3, -0.25) is 4.79 Å². The van der Waals surface area contributed by atoms with Crippen LogP contribution in [0.1, 0.15) is 11.1 Å². The number of carbonyl (C=O) groups is 1. The zero-order valence-corrected chi connectivity index (χ0v) is 12.1. The van der Waals surface area contributed by atoms with Gasteiger partial charge in [-0.15, -0.1) is 0 Å². The third-order valence-electron chi connectivity index (χ3n) is 3.19. The Kier molecular flexibility index (Phi) is 4.77. The molecule has 0 heterocycles. The van der Waals surface area contributed by atoms with E-state index in [-0.39, 0.29) is 12.5 Å². The van der Waals surface area contributed by atoms with Crippen molar-refractivity contribution in [1.82, 2.24) is 0 Å². The van der Waals surface area contributed by atoms with Crippen molar-refractivity contribution in [2.45, 2.75) is 6.42 Å². The molecule has 0 radical (unpaired) electrons. The van der Waals surface area contributed by atoms with Gasteiger partial charge in [-0.2, -0.15) is 0 Å². The van der Waals surface area contributed by atoms with E-state index in [1.165, 1.54) is 5.56 Å². The van der Waals surface area contributed by atoms with Crippen molar-refractivity contribution in [3.63, 3.8) is 0 Å². The van der Waals surface area contributed by atoms with Crippen LogP contribution in [-0.2, 0) is 11.2 Å². The van der Waals surface area contributed by atoms with Gasteiger partial charge in [0.1, 0.15) is 0 Å². The van der Waals surface area contributed by atoms with Gasteiger partial charge in [-0.25, -0.2) is 0 Å². The lowest BCUT2D eigenvalue weighted by Gasteiger charge is -2.20. The second-order valence-corrected chi connectivity index (χ2v) is 5.03. The number of rotatable bonds is 4. The molecule has 2 N–H and O–H groups in total. The molecule has 3 nitrogen and oxygen atoms in total. The highest BCUT2D eigenvalue weighted by molar-refractivity contribution is 6.30. The highest BCUT2D eigenvalue weighted by atomic mass is 35.5. The Morgan fingerprint density at radius 1 is 1.20 bits per heavy atom. The van der Waals surface area contributed by atoms with Gasteiger partial charge in [0, 0.05) is 17.8 Å². The number of benzene rings is 2. The number of amides is 1. The van der Waals surface area contributed by atoms with Gasteiger partial charge in [0.2, 0.25) is 5.91 Å². The molecular weight excluding hydrogens is 272 g/mol. The van der Waals surface area contributed by atoms with Gasteiger partial charge in [-0.1, -0.05) is 41.9 Å². The Hall–Kier alpha value is -1.84. The minimum absolute atomic E-state index is 0.0100. The number of likely N-dealkylation sites (N-methyl/N-ethyl adjacent to an activating group) is 1. The van der Waals surface area contributed by atoms with Gasteiger partial charge in [0.05, 0.1) is 6.54 Å². The number of hydrogen-bond acceptors (Lipinski definition) is 2. The highest BCUT2D eigenvalue weighted by Gasteiger charge is 2.13. The molecule has 1 amide bonds. The van der Waals surface area contributed by atoms with E-state index in [1.54, 1.807) is 18.0 Å². The topological polar surface area (TPSA) is 46.3 Å². The lowest BCUT2D eigenvalue weighted by Crippen LogP contribution is -2.33. The van der Waals surface area contributed by atoms with Gasteiger partial charge < -0.3 is 10.6 Å². The zero-order chi connectivity index (χ0) is 14.5. The molecule has 4 heteroatoms. The summed E-state index contributed by atoms with van der Waals surface area (Å²) >= 11 is 6.07. The van der Waals surface area contributed by atoms with Crippen LogP contribution in [0.25, 0.3) is 0 Å². The maximum atomic E-state index is 11.8. The summed E-state index contributed by atoms with van der Waals surface area (Å²) in [5.41, 5.74) is 8.45. The van der Waals surface area contributed by atoms with E-state index in [2.05, 4.69) is 12.1 Å². The first-order valence-electron chi connectivity index (χ1n) is 6.41. The minimum Gasteiger partial charge on any atom is -0.322 e. The molecule has 2 aromatic rings. The van der Waals surface area contributed by atoms with Crippen LogP contribution in [0.3, 0.4) is 0 Å². The van der Waals surface area contributed by atoms with Crippen molar-refractivity contribution in [3.05, 3.63) is 64.7 Å². The summed E-state index contributed by atoms with van der Waals surface area (Å²) < 4.78 is 0. The summed E-state index contributed by atoms with van der Waals surface area (Å²) in [6, 6.07) is 15.6. The molecule has 0 saturated heterocycles. The van der Waals surface area contributed by atoms with E-state index in [4.69, 9.17) is 17.3 Å². The van der Waals surface area contributed by atoms with E-state index >= 15 is 0 Å². The lowest BCUT2D eigenvalue weighted by atomic mass is 10.0. The molecule has 0 unspecified atom stereocenters. The monoisotopic (exact) mass is 288 g/mol. The van der Waals surface area contributed by atoms with Crippen LogP contribution in [0, 0.1) is 0 Å². The molecule has 0 spiro atoms. The molecule has 2 rings (SSSR count). The second-order valence-electron chi connectivity index (χ2n) is 4.59. The molecule has 0 saturated carbocycles. The van der Waals surface area contributed by atoms with Gasteiger partial charge in [0.25, 0.3) is 0 Å². The van der Waals surface area contributed by atoms with E-state index in [0.717, 1.165) is 17.7 Å². The first-order chi connectivity index (χ1) is 9.61. The predicted molar refractivity (Wildman–Crippen MR) is 83.2 cm³/mol. The lowest BCUT2D eigenvalue weighted by molar-refractivity contribution is -0.117. The van der Waals surface area contributed by atoms with Gasteiger partial charge in [0.15, 0.2) is 0 Å². The van der Waals surface area contributed by atoms with E-state index < -0.39 is 0 Å². The van der Waals surface area contributed by atoms with Crippen LogP contribution in [-0.4, -0.2) is 19.5 Å². The smallest absolute Gasteiger partial charge is 0.240 e. The molecule has 0 bridgehead atoms. The van der Waals surface area contributed by atoms with Crippen LogP contribution >= 0.6 is 11.6 Å². The number of nitrogens with two attached hydrogens (primary N) is 1. The Morgan fingerprint density at radius 3 is 2.55 bits per heavy atom. The normalized spacial score (nSPS) is 10.3. The Balaban J connectivity index is 2.36. The molecule has 0 atom stereocenters. The standard InChI is InChI=1S/C16H17ClN2O/c1-19(16(20)11-18)15-8-7-14(17)10-13(15)9-12-5-3-2-4-6-12/h2-8,10H,9,11,18H2,1H3. The SMILES string of the molecule is CN(C(=O)CN)c1ccc(Cl)cc1Cc1ccccc1. The van der Waals surface area contributed by atoms with E-state index in [1.807, 2.05) is 30.3 Å². The summed E-state index contributed by atoms with van der Waals surface area (Å²) in [6.45, 7) is -0.0100. The number of anilines is 1. The summed E-state index contributed by atoms with van der Waals surface area (Å²) in [4.78, 5) is 13.3. The van der Waals surface area contributed by atoms with Crippen LogP contribution < -0.4 is 10.6 Å². The van der Waals surface area contributed by atoms with Crippen LogP contribution in [0.15, 0.2) is 48.5 Å². The molecule has 0 aliphatic rings. The first kappa shape index (κ1) is 14.6. The fourth-order valence-corrected chi connectivity index (χ4v) is 2.30. The van der Waals surface area contributed by atoms with Crippen molar-refractivity contribution in [2.75, 3.05) is 18.5 Å². The van der Waals surface area contributed by atoms with Crippen molar-refractivity contribution in [1.29, 1.82) is 0 Å². The minimum atomic E-state index is -0.123. The quantitative estimate of drug-likeness (QED) is 0.940. The van der Waals surface area contributed by atoms with Gasteiger partial charge >= 0.3 is 0 Å². The Bertz CT molecular complexity index is 599. The summed E-state index contributed by atoms with van der Waals surface area (Å²) in [6.07, 6.45) is 0.721. The zero-order valence-electron chi connectivity index (χ0n) is 11.3. The maximum Gasteiger partial charge on any atom is 0.240 e. The van der Waals surface area contributed by atoms with Crippen molar-refractivity contribution < 1.29 is 4.79 Å². The van der Waals surface area contributed by atoms with E-state index in [9.17, 15) is 4.79 Å². The van der Waals surface area contributed by atoms with Crippen molar-refractivity contribution in [3.8, 4) is 0 Å². The molecule has 0 aromatic heterocycles. The molecule has 104 valence electrons. The largest absolute Gasteiger partial charge is 0.322 e. The Morgan fingerprint density at radius 2 is 1.90 bits per heavy atom. The third kappa shape index (κ3) is 3.38. The molecular formula is C16H17ClN2O. The summed E-state index contributed by atoms with van der Waals surface area (Å²) in [7, 11) is 1.73. The number of carbonyl (C=O) groups excluding carboxylic acids is 1. The number of hydrogen-bond donors (Lipinski definition) is 1. The average Bonchev–Trinajstić information content (AvgIpc) is 2.47. The van der Waals surface area contributed by atoms with Crippen LogP contribution in [0.5, 0.6) is 0 Å². The second kappa shape index (κ2) is 6.55. The predicted octanol–water partition coefficient (Wildman–Crippen LogP) is 2.85. The number of halogens is 1. The fraction of sp³-hybridized carbons (Fsp3) is 0.188. The van der Waals surface area contributed by atoms with Crippen molar-refractivity contribution >= 4 is 23.2 Å². The van der Waals surface area contributed by atoms with Crippen LogP contribution in [0.4, 0.5) is 5.69 Å². The highest BCUT2D eigenvalue weighted by Crippen LogP contribution is 2.26. The van der Waals surface area contributed by atoms with E-state index in [0.29, 0.717) is 5.02 Å². The summed E-state index contributed by atoms with van der Waals surface area (Å²) in [5, 5.41) is 0.660. The molecule has 0 fully saturated rings.